The Labute approximate surface area is 135 Å². The predicted octanol–water partition coefficient (Wildman–Crippen LogP) is 2.40. The zero-order valence-corrected chi connectivity index (χ0v) is 17.8. The molecule has 2 atom stereocenters. The molecule has 1 N–H and O–H groups in total. The van der Waals surface area contributed by atoms with Crippen LogP contribution >= 0.6 is 0 Å². The summed E-state index contributed by atoms with van der Waals surface area (Å²) in [7, 11) is 3.11. The Morgan fingerprint density at radius 3 is 1.81 bits per heavy atom. The summed E-state index contributed by atoms with van der Waals surface area (Å²) in [5.74, 6) is 0. The van der Waals surface area contributed by atoms with Gasteiger partial charge in [0.15, 0.2) is 0 Å². The molecule has 0 bridgehead atoms. The molecule has 0 aliphatic heterocycles. The van der Waals surface area contributed by atoms with Crippen LogP contribution in [0.15, 0.2) is 0 Å². The van der Waals surface area contributed by atoms with Gasteiger partial charge in [-0.3, -0.25) is 0 Å². The summed E-state index contributed by atoms with van der Waals surface area (Å²) in [5, 5.41) is 3.91. The van der Waals surface area contributed by atoms with E-state index in [1.165, 1.54) is 0 Å². The monoisotopic (exact) mass is 335 g/mol. The van der Waals surface area contributed by atoms with E-state index < -0.39 is 17.8 Å². The molecule has 0 aromatic carbocycles. The minimum atomic E-state index is -1.69. The van der Waals surface area contributed by atoms with Gasteiger partial charge in [-0.05, 0) is 37.5 Å². The van der Waals surface area contributed by atoms with Crippen LogP contribution in [0.2, 0.25) is 12.1 Å². The first-order valence-corrected chi connectivity index (χ1v) is 12.2. The molecular formula is C15H37NO3Si2. The number of rotatable bonds is 12. The Hall–Kier alpha value is 0.274. The fourth-order valence-electron chi connectivity index (χ4n) is 3.12. The van der Waals surface area contributed by atoms with E-state index >= 15 is 0 Å². The van der Waals surface area contributed by atoms with Gasteiger partial charge >= 0.3 is 0 Å². The van der Waals surface area contributed by atoms with Crippen molar-refractivity contribution in [2.75, 3.05) is 21.3 Å². The van der Waals surface area contributed by atoms with Gasteiger partial charge in [-0.15, -0.1) is 0 Å². The third-order valence-corrected chi connectivity index (χ3v) is 12.7. The van der Waals surface area contributed by atoms with Crippen LogP contribution in [0.25, 0.3) is 0 Å². The maximum Gasteiger partial charge on any atom is 0.208 e. The first-order valence-electron chi connectivity index (χ1n) is 8.32. The summed E-state index contributed by atoms with van der Waals surface area (Å²) < 4.78 is 17.2. The minimum Gasteiger partial charge on any atom is -0.418 e. The molecule has 0 rings (SSSR count). The van der Waals surface area contributed by atoms with Gasteiger partial charge in [-0.25, -0.2) is 0 Å². The smallest absolute Gasteiger partial charge is 0.208 e. The second-order valence-electron chi connectivity index (χ2n) is 5.95. The summed E-state index contributed by atoms with van der Waals surface area (Å²) in [5.41, 5.74) is 0.634. The Morgan fingerprint density at radius 2 is 1.52 bits per heavy atom. The maximum absolute atomic E-state index is 6.05. The molecule has 0 amide bonds. The number of hydrogen-bond acceptors (Lipinski definition) is 4. The second-order valence-corrected chi connectivity index (χ2v) is 13.3. The van der Waals surface area contributed by atoms with E-state index in [2.05, 4.69) is 39.9 Å². The molecule has 0 saturated carbocycles. The van der Waals surface area contributed by atoms with Crippen LogP contribution in [-0.4, -0.2) is 55.9 Å². The molecule has 0 aromatic rings. The Bertz CT molecular complexity index is 263. The summed E-state index contributed by atoms with van der Waals surface area (Å²) in [6.45, 7) is 11.1. The predicted molar refractivity (Wildman–Crippen MR) is 96.0 cm³/mol. The molecule has 0 heterocycles. The van der Waals surface area contributed by atoms with Crippen LogP contribution in [0.5, 0.6) is 0 Å². The van der Waals surface area contributed by atoms with E-state index in [0.29, 0.717) is 11.3 Å². The fourth-order valence-corrected chi connectivity index (χ4v) is 8.90. The van der Waals surface area contributed by atoms with Crippen LogP contribution < -0.4 is 5.32 Å². The van der Waals surface area contributed by atoms with Gasteiger partial charge in [0.1, 0.15) is 14.9 Å². The third-order valence-electron chi connectivity index (χ3n) is 5.06. The van der Waals surface area contributed by atoms with Crippen LogP contribution in [0.1, 0.15) is 47.5 Å². The molecule has 0 saturated heterocycles. The molecule has 0 fully saturated rings. The van der Waals surface area contributed by atoms with Crippen molar-refractivity contribution in [1.82, 2.24) is 5.32 Å². The van der Waals surface area contributed by atoms with Gasteiger partial charge < -0.3 is 19.2 Å². The number of nitrogens with one attached hydrogen (secondary N) is 1. The molecule has 6 heteroatoms. The first kappa shape index (κ1) is 21.3. The SMILES string of the molecule is CCC(NC(CC)[Si](CC)(CC)OC)[SiH2]C(C)(OC)OC. The molecule has 4 nitrogen and oxygen atoms in total. The zero-order chi connectivity index (χ0) is 16.5. The largest absolute Gasteiger partial charge is 0.418 e. The highest BCUT2D eigenvalue weighted by Gasteiger charge is 2.40. The maximum atomic E-state index is 6.05. The van der Waals surface area contributed by atoms with Crippen molar-refractivity contribution in [2.24, 2.45) is 0 Å². The Kier molecular flexibility index (Phi) is 10.3. The van der Waals surface area contributed by atoms with Gasteiger partial charge in [-0.1, -0.05) is 27.7 Å². The van der Waals surface area contributed by atoms with E-state index in [0.717, 1.165) is 24.9 Å². The molecular weight excluding hydrogens is 298 g/mol. The minimum absolute atomic E-state index is 0.387. The van der Waals surface area contributed by atoms with Crippen LogP contribution in [0, 0.1) is 0 Å². The third kappa shape index (κ3) is 5.76. The topological polar surface area (TPSA) is 39.7 Å². The lowest BCUT2D eigenvalue weighted by Gasteiger charge is -2.39. The lowest BCUT2D eigenvalue weighted by Crippen LogP contribution is -2.61. The van der Waals surface area contributed by atoms with Gasteiger partial charge in [-0.2, -0.15) is 0 Å². The quantitative estimate of drug-likeness (QED) is 0.439. The van der Waals surface area contributed by atoms with Gasteiger partial charge in [0.05, 0.1) is 0 Å². The highest BCUT2D eigenvalue weighted by Crippen LogP contribution is 2.23. The Morgan fingerprint density at radius 1 is 1.00 bits per heavy atom. The molecule has 2 unspecified atom stereocenters. The number of hydrogen-bond donors (Lipinski definition) is 1. The van der Waals surface area contributed by atoms with Crippen molar-refractivity contribution in [3.05, 3.63) is 0 Å². The van der Waals surface area contributed by atoms with Crippen molar-refractivity contribution in [3.8, 4) is 0 Å². The van der Waals surface area contributed by atoms with Gasteiger partial charge in [0, 0.05) is 27.0 Å². The van der Waals surface area contributed by atoms with E-state index in [1.54, 1.807) is 14.2 Å². The second kappa shape index (κ2) is 10.1. The van der Waals surface area contributed by atoms with Crippen molar-refractivity contribution in [3.63, 3.8) is 0 Å². The lowest BCUT2D eigenvalue weighted by molar-refractivity contribution is -0.131. The average molecular weight is 336 g/mol. The van der Waals surface area contributed by atoms with Crippen molar-refractivity contribution < 1.29 is 13.9 Å². The average Bonchev–Trinajstić information content (AvgIpc) is 2.54. The summed E-state index contributed by atoms with van der Waals surface area (Å²) in [6, 6.07) is 2.32. The molecule has 0 aromatic heterocycles. The Balaban J connectivity index is 4.99. The molecule has 0 spiro atoms. The van der Waals surface area contributed by atoms with Gasteiger partial charge in [0.2, 0.25) is 8.32 Å². The van der Waals surface area contributed by atoms with Crippen molar-refractivity contribution in [2.45, 2.75) is 76.3 Å². The van der Waals surface area contributed by atoms with Crippen LogP contribution in [-0.2, 0) is 13.9 Å². The molecule has 0 aliphatic rings. The summed E-state index contributed by atoms with van der Waals surface area (Å²) >= 11 is 0. The van der Waals surface area contributed by atoms with Gasteiger partial charge in [0.25, 0.3) is 0 Å². The highest BCUT2D eigenvalue weighted by atomic mass is 28.4. The van der Waals surface area contributed by atoms with E-state index in [9.17, 15) is 0 Å². The molecule has 0 radical (unpaired) electrons. The first-order chi connectivity index (χ1) is 9.90. The van der Waals surface area contributed by atoms with Crippen LogP contribution in [0.4, 0.5) is 0 Å². The zero-order valence-electron chi connectivity index (χ0n) is 15.4. The lowest BCUT2D eigenvalue weighted by atomic mass is 10.4. The summed E-state index contributed by atoms with van der Waals surface area (Å²) in [6.07, 6.45) is 2.25. The van der Waals surface area contributed by atoms with E-state index in [4.69, 9.17) is 13.9 Å². The van der Waals surface area contributed by atoms with Crippen LogP contribution in [0.3, 0.4) is 0 Å². The number of ether oxygens (including phenoxy) is 2. The highest BCUT2D eigenvalue weighted by molar-refractivity contribution is 6.75. The summed E-state index contributed by atoms with van der Waals surface area (Å²) in [4.78, 5) is 0. The number of methoxy groups -OCH3 is 2. The van der Waals surface area contributed by atoms with E-state index in [-0.39, 0.29) is 5.41 Å². The van der Waals surface area contributed by atoms with E-state index in [1.807, 2.05) is 7.11 Å². The normalized spacial score (nSPS) is 16.6. The molecule has 0 aliphatic carbocycles. The van der Waals surface area contributed by atoms with Crippen molar-refractivity contribution >= 4 is 17.8 Å². The molecule has 21 heavy (non-hydrogen) atoms. The fraction of sp³-hybridized carbons (Fsp3) is 1.00. The van der Waals surface area contributed by atoms with Crippen molar-refractivity contribution in [1.29, 1.82) is 0 Å². The molecule has 128 valence electrons. The standard InChI is InChI=1S/C15H37NO3Si2/c1-9-13(20-15(5,17-6)18-7)16-14(10-2)21(11-3,12-4)19-8/h13-14,16H,9-12,20H2,1-8H3.